The lowest BCUT2D eigenvalue weighted by Crippen LogP contribution is -2.59. The van der Waals surface area contributed by atoms with Gasteiger partial charge in [-0.2, -0.15) is 0 Å². The van der Waals surface area contributed by atoms with E-state index in [0.29, 0.717) is 75.6 Å². The van der Waals surface area contributed by atoms with Crippen LogP contribution in [0.25, 0.3) is 0 Å². The standard InChI is InChI=1S/C56H80N8O10/c1-9-35(4)51(62(6)56(72)49(34(2)3)61-55(71)50-41-30-39(41)33-58-50)44(73-7)31-48(68)63-28-16-19-43(63)52(74-8)36(5)53(69)60-42(29-37-17-12-10-13-18-37)54(70)59-40-23-21-38(22-24-40)32-57-45(65)20-14-11-15-27-64-46(66)25-26-47(64)67/h10,12-13,17-18,21-26,34-36,39,41-44,49-52,58H,9,11,14-16,19-20,27-33H2,1-8H3,(H,57,65)(H,59,70)(H,60,69)(H,61,71)/t35-,36+,39?,41?,42-,43-,44+,49-,50-,51-,52+/m0/s1. The Labute approximate surface area is 436 Å². The van der Waals surface area contributed by atoms with Crippen LogP contribution in [-0.2, 0) is 60.8 Å². The number of piperidine rings is 1. The van der Waals surface area contributed by atoms with Gasteiger partial charge in [-0.1, -0.05) is 89.9 Å². The van der Waals surface area contributed by atoms with Crippen LogP contribution in [0, 0.1) is 29.6 Å². The maximum atomic E-state index is 14.5. The third-order valence-corrected chi connectivity index (χ3v) is 15.6. The predicted molar refractivity (Wildman–Crippen MR) is 280 cm³/mol. The highest BCUT2D eigenvalue weighted by Crippen LogP contribution is 2.45. The zero-order chi connectivity index (χ0) is 53.6. The van der Waals surface area contributed by atoms with Crippen molar-refractivity contribution in [1.29, 1.82) is 0 Å². The van der Waals surface area contributed by atoms with E-state index >= 15 is 0 Å². The van der Waals surface area contributed by atoms with E-state index in [1.54, 1.807) is 55.1 Å². The summed E-state index contributed by atoms with van der Waals surface area (Å²) >= 11 is 0. The fourth-order valence-electron chi connectivity index (χ4n) is 10.9. The minimum atomic E-state index is -0.966. The van der Waals surface area contributed by atoms with Crippen molar-refractivity contribution in [2.75, 3.05) is 46.2 Å². The summed E-state index contributed by atoms with van der Waals surface area (Å²) in [5.41, 5.74) is 2.17. The Balaban J connectivity index is 1.04. The number of anilines is 1. The first kappa shape index (κ1) is 57.3. The Kier molecular flexibility index (Phi) is 20.9. The number of hydrogen-bond donors (Lipinski definition) is 5. The molecule has 1 saturated carbocycles. The van der Waals surface area contributed by atoms with Crippen molar-refractivity contribution in [1.82, 2.24) is 36.0 Å². The average molecular weight is 1030 g/mol. The SMILES string of the molecule is CC[C@H](C)[C@@H]([C@@H](CC(=O)N1CCC[C@H]1[C@H](OC)[C@@H](C)C(=O)N[C@@H](Cc1ccccc1)C(=O)Nc1ccc(CNC(=O)CCCCCN2C(=O)C=CC2=O)cc1)OC)N(C)C(=O)[C@@H](NC(=O)[C@H]1NCC2CC21)C(C)C. The minimum Gasteiger partial charge on any atom is -0.379 e. The van der Waals surface area contributed by atoms with Gasteiger partial charge in [-0.15, -0.1) is 0 Å². The van der Waals surface area contributed by atoms with E-state index in [2.05, 4.69) is 26.6 Å². The molecule has 4 aliphatic rings. The van der Waals surface area contributed by atoms with Crippen LogP contribution in [0.2, 0.25) is 0 Å². The highest BCUT2D eigenvalue weighted by atomic mass is 16.5. The molecule has 0 aromatic heterocycles. The average Bonchev–Trinajstić information content (AvgIpc) is 3.62. The van der Waals surface area contributed by atoms with E-state index in [0.717, 1.165) is 24.1 Å². The molecule has 0 spiro atoms. The molecule has 2 aromatic rings. The highest BCUT2D eigenvalue weighted by molar-refractivity contribution is 6.12. The molecule has 8 amide bonds. The van der Waals surface area contributed by atoms with Crippen LogP contribution in [0.1, 0.15) is 104 Å². The Morgan fingerprint density at radius 3 is 2.16 bits per heavy atom. The second-order valence-electron chi connectivity index (χ2n) is 21.1. The largest absolute Gasteiger partial charge is 0.379 e. The molecule has 2 aromatic carbocycles. The summed E-state index contributed by atoms with van der Waals surface area (Å²) in [5.74, 6) is -2.31. The fourth-order valence-corrected chi connectivity index (χ4v) is 10.9. The van der Waals surface area contributed by atoms with Gasteiger partial charge in [0.25, 0.3) is 11.8 Å². The van der Waals surface area contributed by atoms with E-state index in [1.807, 2.05) is 58.0 Å². The molecule has 11 atom stereocenters. The molecule has 0 bridgehead atoms. The molecule has 1 aliphatic carbocycles. The molecule has 2 unspecified atom stereocenters. The third-order valence-electron chi connectivity index (χ3n) is 15.6. The van der Waals surface area contributed by atoms with E-state index in [9.17, 15) is 38.4 Å². The molecular formula is C56H80N8O10. The monoisotopic (exact) mass is 1020 g/mol. The number of ether oxygens (including phenoxy) is 2. The van der Waals surface area contributed by atoms with Crippen LogP contribution in [0.4, 0.5) is 5.69 Å². The van der Waals surface area contributed by atoms with Crippen LogP contribution < -0.4 is 26.6 Å². The van der Waals surface area contributed by atoms with Gasteiger partial charge in [-0.3, -0.25) is 43.3 Å². The molecule has 3 fully saturated rings. The zero-order valence-electron chi connectivity index (χ0n) is 44.6. The van der Waals surface area contributed by atoms with Gasteiger partial charge in [0.1, 0.15) is 12.1 Å². The molecule has 18 heteroatoms. The number of carbonyl (C=O) groups is 8. The Bertz CT molecular complexity index is 2290. The van der Waals surface area contributed by atoms with Gasteiger partial charge in [-0.25, -0.2) is 0 Å². The predicted octanol–water partition coefficient (Wildman–Crippen LogP) is 4.12. The Morgan fingerprint density at radius 1 is 0.851 bits per heavy atom. The summed E-state index contributed by atoms with van der Waals surface area (Å²) in [7, 11) is 4.81. The summed E-state index contributed by atoms with van der Waals surface area (Å²) < 4.78 is 12.1. The van der Waals surface area contributed by atoms with Crippen molar-refractivity contribution < 1.29 is 47.8 Å². The normalized spacial score (nSPS) is 21.8. The van der Waals surface area contributed by atoms with Gasteiger partial charge in [0, 0.05) is 71.6 Å². The summed E-state index contributed by atoms with van der Waals surface area (Å²) in [6, 6.07) is 13.5. The lowest BCUT2D eigenvalue weighted by molar-refractivity contribution is -0.147. The van der Waals surface area contributed by atoms with Crippen molar-refractivity contribution in [2.45, 2.75) is 148 Å². The number of benzene rings is 2. The number of unbranched alkanes of at least 4 members (excludes halogenated alkanes) is 2. The third kappa shape index (κ3) is 14.9. The molecule has 5 N–H and O–H groups in total. The first-order valence-electron chi connectivity index (χ1n) is 26.7. The van der Waals surface area contributed by atoms with Gasteiger partial charge in [0.05, 0.1) is 42.7 Å². The molecule has 74 heavy (non-hydrogen) atoms. The molecule has 404 valence electrons. The fraction of sp³-hybridized carbons (Fsp3) is 0.607. The van der Waals surface area contributed by atoms with E-state index in [1.165, 1.54) is 24.2 Å². The number of nitrogens with one attached hydrogen (secondary N) is 5. The number of amides is 8. The Hall–Kier alpha value is -5.98. The van der Waals surface area contributed by atoms with Crippen LogP contribution in [0.3, 0.4) is 0 Å². The summed E-state index contributed by atoms with van der Waals surface area (Å²) in [6.45, 7) is 11.5. The zero-order valence-corrected chi connectivity index (χ0v) is 44.6. The van der Waals surface area contributed by atoms with Crippen molar-refractivity contribution in [2.24, 2.45) is 29.6 Å². The molecular weight excluding hydrogens is 945 g/mol. The number of methoxy groups -OCH3 is 2. The van der Waals surface area contributed by atoms with E-state index < -0.39 is 54.1 Å². The van der Waals surface area contributed by atoms with Gasteiger partial charge in [-0.05, 0) is 85.6 Å². The number of nitrogens with zero attached hydrogens (tertiary/aromatic N) is 3. The van der Waals surface area contributed by atoms with Crippen molar-refractivity contribution in [3.8, 4) is 0 Å². The Morgan fingerprint density at radius 2 is 1.55 bits per heavy atom. The second kappa shape index (κ2) is 27.0. The van der Waals surface area contributed by atoms with Gasteiger partial charge >= 0.3 is 0 Å². The molecule has 3 heterocycles. The summed E-state index contributed by atoms with van der Waals surface area (Å²) in [4.78, 5) is 111. The maximum Gasteiger partial charge on any atom is 0.253 e. The molecule has 2 saturated heterocycles. The second-order valence-corrected chi connectivity index (χ2v) is 21.1. The quantitative estimate of drug-likeness (QED) is 0.0602. The number of fused-ring (bicyclic) bond motifs is 1. The smallest absolute Gasteiger partial charge is 0.253 e. The topological polar surface area (TPSA) is 225 Å². The van der Waals surface area contributed by atoms with Crippen LogP contribution in [0.5, 0.6) is 0 Å². The van der Waals surface area contributed by atoms with Gasteiger partial charge in [0.2, 0.25) is 35.4 Å². The first-order valence-corrected chi connectivity index (χ1v) is 26.7. The molecule has 3 aliphatic heterocycles. The molecule has 18 nitrogen and oxygen atoms in total. The first-order chi connectivity index (χ1) is 35.4. The lowest BCUT2D eigenvalue weighted by atomic mass is 9.89. The van der Waals surface area contributed by atoms with Gasteiger partial charge < -0.3 is 45.9 Å². The van der Waals surface area contributed by atoms with Crippen molar-refractivity contribution >= 4 is 52.9 Å². The number of hydrogen-bond acceptors (Lipinski definition) is 11. The van der Waals surface area contributed by atoms with Crippen LogP contribution >= 0.6 is 0 Å². The molecule has 6 rings (SSSR count). The van der Waals surface area contributed by atoms with Gasteiger partial charge in [0.15, 0.2) is 0 Å². The van der Waals surface area contributed by atoms with Crippen LogP contribution in [0.15, 0.2) is 66.7 Å². The van der Waals surface area contributed by atoms with Crippen molar-refractivity contribution in [3.63, 3.8) is 0 Å². The maximum absolute atomic E-state index is 14.5. The summed E-state index contributed by atoms with van der Waals surface area (Å²) in [5, 5.41) is 15.2. The number of carbonyl (C=O) groups excluding carboxylic acids is 8. The number of likely N-dealkylation sites (N-methyl/N-ethyl adjacent to an activating group) is 1. The van der Waals surface area contributed by atoms with E-state index in [-0.39, 0.29) is 72.7 Å². The number of imide groups is 1. The summed E-state index contributed by atoms with van der Waals surface area (Å²) in [6.07, 6.45) is 6.60. The molecule has 0 radical (unpaired) electrons. The highest BCUT2D eigenvalue weighted by Gasteiger charge is 2.52. The minimum absolute atomic E-state index is 0.0198. The lowest BCUT2D eigenvalue weighted by Gasteiger charge is -2.41. The van der Waals surface area contributed by atoms with Crippen molar-refractivity contribution in [3.05, 3.63) is 77.9 Å². The van der Waals surface area contributed by atoms with E-state index in [4.69, 9.17) is 9.47 Å². The number of rotatable bonds is 28. The van der Waals surface area contributed by atoms with Crippen LogP contribution in [-0.4, -0.2) is 145 Å². The number of likely N-dealkylation sites (tertiary alicyclic amines) is 1.